The summed E-state index contributed by atoms with van der Waals surface area (Å²) < 4.78 is 65.2. The van der Waals surface area contributed by atoms with Crippen molar-refractivity contribution in [3.8, 4) is 0 Å². The number of fused-ring (bicyclic) bond motifs is 8. The monoisotopic (exact) mass is 991 g/mol. The fourth-order valence-electron chi connectivity index (χ4n) is 14.6. The lowest BCUT2D eigenvalue weighted by atomic mass is 9.43. The van der Waals surface area contributed by atoms with Crippen LogP contribution in [-0.4, -0.2) is 60.2 Å². The molecule has 7 atom stereocenters. The maximum Gasteiger partial charge on any atom is 0.295 e. The van der Waals surface area contributed by atoms with Gasteiger partial charge in [-0.25, -0.2) is 0 Å². The molecule has 2 saturated carbocycles. The Morgan fingerprint density at radius 1 is 0.729 bits per heavy atom. The van der Waals surface area contributed by atoms with E-state index in [1.165, 1.54) is 115 Å². The first-order valence-corrected chi connectivity index (χ1v) is 28.6. The summed E-state index contributed by atoms with van der Waals surface area (Å²) in [6.07, 6.45) is 16.3. The van der Waals surface area contributed by atoms with Gasteiger partial charge in [0.25, 0.3) is 20.2 Å². The van der Waals surface area contributed by atoms with Crippen LogP contribution in [0.4, 0.5) is 0 Å². The van der Waals surface area contributed by atoms with Gasteiger partial charge >= 0.3 is 0 Å². The lowest BCUT2D eigenvalue weighted by Gasteiger charge is -2.62. The Morgan fingerprint density at radius 3 is 1.97 bits per heavy atom. The minimum Gasteiger partial charge on any atom is -0.393 e. The Kier molecular flexibility index (Phi) is 14.7. The minimum absolute atomic E-state index is 0.0233. The van der Waals surface area contributed by atoms with Gasteiger partial charge in [0.05, 0.1) is 6.10 Å². The molecule has 70 heavy (non-hydrogen) atoms. The van der Waals surface area contributed by atoms with Crippen LogP contribution in [0, 0.1) is 39.4 Å². The van der Waals surface area contributed by atoms with Crippen molar-refractivity contribution in [3.05, 3.63) is 131 Å². The van der Waals surface area contributed by atoms with Crippen LogP contribution < -0.4 is 0 Å². The predicted molar refractivity (Wildman–Crippen MR) is 284 cm³/mol. The highest BCUT2D eigenvalue weighted by molar-refractivity contribution is 7.86. The summed E-state index contributed by atoms with van der Waals surface area (Å²) >= 11 is 0. The van der Waals surface area contributed by atoms with E-state index in [1.54, 1.807) is 0 Å². The average molecular weight is 991 g/mol. The third kappa shape index (κ3) is 9.65. The van der Waals surface area contributed by atoms with Crippen molar-refractivity contribution in [1.29, 1.82) is 0 Å². The maximum atomic E-state index is 11.2. The van der Waals surface area contributed by atoms with E-state index < -0.39 is 30.0 Å². The van der Waals surface area contributed by atoms with Gasteiger partial charge in [-0.15, -0.1) is 0 Å². The highest BCUT2D eigenvalue weighted by Crippen LogP contribution is 2.72. The molecule has 2 fully saturated rings. The van der Waals surface area contributed by atoms with Gasteiger partial charge in [0.15, 0.2) is 0 Å². The Balaban J connectivity index is 0.000000148. The molecular formula is C59H78N2O7S2. The lowest BCUT2D eigenvalue weighted by molar-refractivity contribution is -0.0962. The van der Waals surface area contributed by atoms with Crippen LogP contribution in [0.1, 0.15) is 136 Å². The number of aromatic nitrogens is 1. The number of aliphatic hydroxyl groups is 1. The topological polar surface area (TPSA) is 137 Å². The number of nitrogens with zero attached hydrogens (tertiary/aromatic N) is 2. The Bertz CT molecular complexity index is 2950. The average Bonchev–Trinajstić information content (AvgIpc) is 3.77. The molecule has 11 heteroatoms. The number of allylic oxidation sites excluding steroid dienone is 4. The zero-order chi connectivity index (χ0) is 50.6. The molecule has 0 amide bonds. The molecule has 7 unspecified atom stereocenters. The van der Waals surface area contributed by atoms with Crippen LogP contribution in [0.15, 0.2) is 124 Å². The van der Waals surface area contributed by atoms with Gasteiger partial charge in [-0.2, -0.15) is 16.8 Å². The van der Waals surface area contributed by atoms with Crippen molar-refractivity contribution < 1.29 is 31.0 Å². The molecule has 10 rings (SSSR count). The van der Waals surface area contributed by atoms with Crippen LogP contribution in [0.3, 0.4) is 0 Å². The second kappa shape index (κ2) is 19.7. The Labute approximate surface area is 419 Å². The van der Waals surface area contributed by atoms with E-state index in [4.69, 9.17) is 9.11 Å². The van der Waals surface area contributed by atoms with Gasteiger partial charge in [0, 0.05) is 53.4 Å². The van der Waals surface area contributed by atoms with E-state index in [-0.39, 0.29) is 22.3 Å². The van der Waals surface area contributed by atoms with Gasteiger partial charge in [-0.1, -0.05) is 137 Å². The number of para-hydroxylation sites is 1. The number of aliphatic hydroxyl groups excluding tert-OH is 1. The summed E-state index contributed by atoms with van der Waals surface area (Å²) in [5, 5.41) is 12.3. The molecule has 1 aliphatic heterocycles. The summed E-state index contributed by atoms with van der Waals surface area (Å²) in [7, 11) is -6.72. The van der Waals surface area contributed by atoms with Gasteiger partial charge in [-0.05, 0) is 154 Å². The zero-order valence-corrected chi connectivity index (χ0v) is 44.8. The van der Waals surface area contributed by atoms with Crippen molar-refractivity contribution in [3.63, 3.8) is 0 Å². The van der Waals surface area contributed by atoms with Crippen molar-refractivity contribution in [2.45, 2.75) is 155 Å². The smallest absolute Gasteiger partial charge is 0.295 e. The fraction of sp³-hybridized carbons (Fsp3) is 0.525. The highest BCUT2D eigenvalue weighted by Gasteiger charge is 2.63. The largest absolute Gasteiger partial charge is 0.393 e. The summed E-state index contributed by atoms with van der Waals surface area (Å²) in [5.41, 5.74) is 12.2. The number of likely N-dealkylation sites (N-methyl/N-ethyl adjacent to an activating group) is 1. The van der Waals surface area contributed by atoms with Crippen LogP contribution in [0.2, 0.25) is 0 Å². The standard InChI is InChI=1S/C30H50O.C19H20N2.C10H8O6S2/c1-20(2)10-9-11-21(3)22-14-18-30(8)24-12-13-25-27(4,5)26(31)16-17-28(25,6)23(24)15-19-29(22,30)7;1-20-12-11-19-17(14-20)16-9-5-6-10-18(16)21(19)13-15-7-3-2-4-8-15;11-17(12,13)9-5-1-3-7-8(9)4-2-6-10(7)18(14,15)16/h10,21-22,25-26,31H,9,11-19H2,1-8H3;2-10H,11-14H2,1H3;1-6H,(H,11,12,13)(H,14,15,16). The van der Waals surface area contributed by atoms with Gasteiger partial charge < -0.3 is 14.6 Å². The normalized spacial score (nSPS) is 27.7. The first kappa shape index (κ1) is 52.2. The van der Waals surface area contributed by atoms with E-state index in [2.05, 4.69) is 133 Å². The molecule has 9 nitrogen and oxygen atoms in total. The third-order valence-corrected chi connectivity index (χ3v) is 20.4. The molecule has 0 bridgehead atoms. The Hall–Kier alpha value is -4.10. The fourth-order valence-corrected chi connectivity index (χ4v) is 16.1. The minimum atomic E-state index is -4.47. The van der Waals surface area contributed by atoms with Crippen molar-refractivity contribution in [1.82, 2.24) is 9.47 Å². The molecule has 3 N–H and O–H groups in total. The summed E-state index contributed by atoms with van der Waals surface area (Å²) in [5.74, 6) is 2.32. The van der Waals surface area contributed by atoms with Gasteiger partial charge in [0.1, 0.15) is 9.79 Å². The van der Waals surface area contributed by atoms with Crippen LogP contribution >= 0.6 is 0 Å². The SMILES string of the molecule is CC(C)=CCCC(C)C1CCC2(C)C3=C(CCC12C)C1(C)CCC(O)C(C)(C)C1CC3.CN1CCc2c(c3ccccc3n2Cc2ccccc2)C1.O=S(=O)(O)c1cccc2c(S(=O)(=O)O)cccc12. The predicted octanol–water partition coefficient (Wildman–Crippen LogP) is 13.5. The molecule has 2 heterocycles. The van der Waals surface area contributed by atoms with E-state index in [0.717, 1.165) is 56.4 Å². The van der Waals surface area contributed by atoms with Gasteiger partial charge in [0.2, 0.25) is 0 Å². The summed E-state index contributed by atoms with van der Waals surface area (Å²) in [6.45, 7) is 22.8. The molecule has 0 saturated heterocycles. The number of hydrogen-bond donors (Lipinski definition) is 3. The van der Waals surface area contributed by atoms with E-state index in [9.17, 15) is 21.9 Å². The first-order chi connectivity index (χ1) is 32.9. The molecule has 5 aromatic rings. The molecule has 4 aliphatic carbocycles. The molecule has 0 spiro atoms. The molecule has 1 aromatic heterocycles. The van der Waals surface area contributed by atoms with E-state index in [0.29, 0.717) is 22.2 Å². The van der Waals surface area contributed by atoms with Crippen LogP contribution in [0.25, 0.3) is 21.7 Å². The summed E-state index contributed by atoms with van der Waals surface area (Å²) in [4.78, 5) is 1.60. The maximum absolute atomic E-state index is 11.2. The van der Waals surface area contributed by atoms with Crippen molar-refractivity contribution >= 4 is 41.9 Å². The van der Waals surface area contributed by atoms with E-state index >= 15 is 0 Å². The molecule has 4 aromatic carbocycles. The first-order valence-electron chi connectivity index (χ1n) is 25.7. The summed E-state index contributed by atoms with van der Waals surface area (Å²) in [6, 6.07) is 27.1. The van der Waals surface area contributed by atoms with Crippen molar-refractivity contribution in [2.24, 2.45) is 39.4 Å². The molecular weight excluding hydrogens is 913 g/mol. The number of benzene rings is 4. The molecule has 0 radical (unpaired) electrons. The third-order valence-electron chi connectivity index (χ3n) is 18.6. The van der Waals surface area contributed by atoms with Crippen molar-refractivity contribution in [2.75, 3.05) is 13.6 Å². The Morgan fingerprint density at radius 2 is 1.34 bits per heavy atom. The second-order valence-electron chi connectivity index (χ2n) is 23.1. The van der Waals surface area contributed by atoms with E-state index in [1.807, 2.05) is 11.1 Å². The molecule has 5 aliphatic rings. The number of hydrogen-bond acceptors (Lipinski definition) is 6. The highest BCUT2D eigenvalue weighted by atomic mass is 32.2. The quantitative estimate of drug-likeness (QED) is 0.103. The van der Waals surface area contributed by atoms with Crippen LogP contribution in [0.5, 0.6) is 0 Å². The molecule has 378 valence electrons. The number of rotatable bonds is 8. The van der Waals surface area contributed by atoms with Crippen LogP contribution in [-0.2, 0) is 39.7 Å². The second-order valence-corrected chi connectivity index (χ2v) is 25.9. The zero-order valence-electron chi connectivity index (χ0n) is 43.1. The lowest BCUT2D eigenvalue weighted by Crippen LogP contribution is -2.55. The van der Waals surface area contributed by atoms with Gasteiger partial charge in [-0.3, -0.25) is 9.11 Å².